The van der Waals surface area contributed by atoms with Crippen LogP contribution in [0.25, 0.3) is 5.69 Å². The number of halogens is 1. The van der Waals surface area contributed by atoms with E-state index in [1.165, 1.54) is 4.68 Å². The molecular weight excluding hydrogens is 216 g/mol. The third kappa shape index (κ3) is 1.88. The van der Waals surface area contributed by atoms with E-state index in [0.29, 0.717) is 10.7 Å². The van der Waals surface area contributed by atoms with Crippen molar-refractivity contribution >= 4 is 23.1 Å². The molecule has 2 rings (SSSR count). The molecule has 0 aliphatic carbocycles. The molecule has 0 unspecified atom stereocenters. The fourth-order valence-electron chi connectivity index (χ4n) is 1.23. The minimum absolute atomic E-state index is 0.218. The topological polar surface area (TPSA) is 76.1 Å². The molecule has 78 valence electrons. The van der Waals surface area contributed by atoms with E-state index in [0.717, 1.165) is 5.69 Å². The van der Waals surface area contributed by atoms with Gasteiger partial charge in [0.25, 0.3) is 0 Å². The molecule has 6 heteroatoms. The molecule has 1 aromatic heterocycles. The molecule has 0 aliphatic heterocycles. The van der Waals surface area contributed by atoms with Crippen molar-refractivity contribution in [2.45, 2.75) is 0 Å². The predicted molar refractivity (Wildman–Crippen MR) is 58.4 cm³/mol. The van der Waals surface area contributed by atoms with Gasteiger partial charge >= 0.3 is 0 Å². The van der Waals surface area contributed by atoms with Crippen molar-refractivity contribution in [3.05, 3.63) is 35.5 Å². The van der Waals surface area contributed by atoms with Crippen molar-refractivity contribution in [3.63, 3.8) is 0 Å². The monoisotopic (exact) mass is 224 g/mol. The second kappa shape index (κ2) is 3.80. The average Bonchev–Trinajstić information content (AvgIpc) is 2.60. The Labute approximate surface area is 91.0 Å². The number of hydrogen-bond acceptors (Lipinski definition) is 4. The summed E-state index contributed by atoms with van der Waals surface area (Å²) in [5.41, 5.74) is 8.63. The number of nitrogen functional groups attached to an aromatic ring is 1. The number of aromatic nitrogens is 2. The second-order valence-electron chi connectivity index (χ2n) is 2.97. The van der Waals surface area contributed by atoms with Crippen molar-refractivity contribution in [2.75, 3.05) is 11.2 Å². The van der Waals surface area contributed by atoms with Crippen LogP contribution in [0.1, 0.15) is 0 Å². The summed E-state index contributed by atoms with van der Waals surface area (Å²) in [5.74, 6) is 0.218. The molecule has 0 atom stereocenters. The molecule has 2 aromatic rings. The molecule has 0 saturated carbocycles. The molecule has 0 radical (unpaired) electrons. The van der Waals surface area contributed by atoms with E-state index in [9.17, 15) is 0 Å². The van der Waals surface area contributed by atoms with Crippen LogP contribution in [-0.4, -0.2) is 15.0 Å². The van der Waals surface area contributed by atoms with Gasteiger partial charge in [0.05, 0.1) is 17.6 Å². The number of nitrogens with one attached hydrogen (secondary N) is 1. The Morgan fingerprint density at radius 3 is 2.87 bits per heavy atom. The first kappa shape index (κ1) is 9.82. The lowest BCUT2D eigenvalue weighted by Gasteiger charge is -2.00. The fourth-order valence-corrected chi connectivity index (χ4v) is 1.41. The lowest BCUT2D eigenvalue weighted by Crippen LogP contribution is -1.97. The first-order chi connectivity index (χ1) is 7.20. The summed E-state index contributed by atoms with van der Waals surface area (Å²) in [6, 6.07) is 7.15. The Hall–Kier alpha value is -1.72. The van der Waals surface area contributed by atoms with E-state index in [4.69, 9.17) is 22.5 Å². The van der Waals surface area contributed by atoms with Gasteiger partial charge < -0.3 is 5.73 Å². The number of nitrogens with zero attached hydrogens (tertiary/aromatic N) is 2. The van der Waals surface area contributed by atoms with Crippen molar-refractivity contribution in [1.82, 2.24) is 9.78 Å². The summed E-state index contributed by atoms with van der Waals surface area (Å²) < 4.78 is 1.53. The van der Waals surface area contributed by atoms with Gasteiger partial charge in [-0.2, -0.15) is 0 Å². The minimum atomic E-state index is 0.218. The van der Waals surface area contributed by atoms with Crippen LogP contribution in [0.2, 0.25) is 5.02 Å². The Bertz CT molecular complexity index is 483. The largest absolute Gasteiger partial charge is 0.394 e. The highest BCUT2D eigenvalue weighted by Gasteiger charge is 2.05. The molecule has 5 nitrogen and oxygen atoms in total. The molecular formula is C9H9ClN4O. The number of rotatable bonds is 2. The number of hydrogen-bond donors (Lipinski definition) is 3. The summed E-state index contributed by atoms with van der Waals surface area (Å²) >= 11 is 5.84. The van der Waals surface area contributed by atoms with Gasteiger partial charge in [-0.05, 0) is 18.2 Å². The highest BCUT2D eigenvalue weighted by Crippen LogP contribution is 2.19. The van der Waals surface area contributed by atoms with Crippen LogP contribution >= 0.6 is 11.6 Å². The Morgan fingerprint density at radius 1 is 1.47 bits per heavy atom. The number of anilines is 2. The lowest BCUT2D eigenvalue weighted by molar-refractivity contribution is 0.385. The van der Waals surface area contributed by atoms with E-state index in [1.807, 2.05) is 17.6 Å². The maximum atomic E-state index is 8.70. The molecule has 0 fully saturated rings. The van der Waals surface area contributed by atoms with Gasteiger partial charge in [-0.3, -0.25) is 5.21 Å². The van der Waals surface area contributed by atoms with Crippen molar-refractivity contribution < 1.29 is 5.21 Å². The lowest BCUT2D eigenvalue weighted by atomic mass is 10.3. The first-order valence-electron chi connectivity index (χ1n) is 4.22. The van der Waals surface area contributed by atoms with Crippen LogP contribution in [0, 0.1) is 0 Å². The van der Waals surface area contributed by atoms with E-state index >= 15 is 0 Å². The number of benzene rings is 1. The van der Waals surface area contributed by atoms with Crippen LogP contribution in [0.4, 0.5) is 11.5 Å². The normalized spacial score (nSPS) is 10.3. The van der Waals surface area contributed by atoms with Crippen molar-refractivity contribution in [1.29, 1.82) is 0 Å². The quantitative estimate of drug-likeness (QED) is 0.681. The zero-order chi connectivity index (χ0) is 10.8. The van der Waals surface area contributed by atoms with E-state index in [2.05, 4.69) is 5.10 Å². The summed E-state index contributed by atoms with van der Waals surface area (Å²) in [5, 5.41) is 13.3. The molecule has 15 heavy (non-hydrogen) atoms. The number of nitrogens with two attached hydrogens (primary N) is 1. The zero-order valence-corrected chi connectivity index (χ0v) is 8.44. The summed E-state index contributed by atoms with van der Waals surface area (Å²) in [6.07, 6.45) is 1.59. The standard InChI is InChI=1S/C9H9ClN4O/c10-6-2-1-3-7(4-6)14-5-8(11)9(12-14)13-15/h1-5,15H,11H2,(H,12,13). The van der Waals surface area contributed by atoms with Gasteiger partial charge in [0, 0.05) is 5.02 Å². The zero-order valence-electron chi connectivity index (χ0n) is 7.68. The third-order valence-corrected chi connectivity index (χ3v) is 2.16. The molecule has 0 amide bonds. The maximum Gasteiger partial charge on any atom is 0.195 e. The summed E-state index contributed by atoms with van der Waals surface area (Å²) in [7, 11) is 0. The third-order valence-electron chi connectivity index (χ3n) is 1.92. The molecule has 1 aromatic carbocycles. The van der Waals surface area contributed by atoms with Crippen LogP contribution in [0.15, 0.2) is 30.5 Å². The van der Waals surface area contributed by atoms with E-state index in [-0.39, 0.29) is 5.82 Å². The van der Waals surface area contributed by atoms with Crippen LogP contribution in [-0.2, 0) is 0 Å². The van der Waals surface area contributed by atoms with Crippen molar-refractivity contribution in [2.24, 2.45) is 0 Å². The van der Waals surface area contributed by atoms with Crippen LogP contribution in [0.3, 0.4) is 0 Å². The average molecular weight is 225 g/mol. The first-order valence-corrected chi connectivity index (χ1v) is 4.59. The van der Waals surface area contributed by atoms with Gasteiger partial charge in [-0.15, -0.1) is 5.10 Å². The molecule has 4 N–H and O–H groups in total. The van der Waals surface area contributed by atoms with Gasteiger partial charge in [0.1, 0.15) is 0 Å². The van der Waals surface area contributed by atoms with Gasteiger partial charge in [0.2, 0.25) is 0 Å². The molecule has 0 spiro atoms. The fraction of sp³-hybridized carbons (Fsp3) is 0. The van der Waals surface area contributed by atoms with E-state index < -0.39 is 0 Å². The molecule has 0 bridgehead atoms. The predicted octanol–water partition coefficient (Wildman–Crippen LogP) is 1.91. The maximum absolute atomic E-state index is 8.70. The van der Waals surface area contributed by atoms with Crippen LogP contribution in [0.5, 0.6) is 0 Å². The molecule has 0 aliphatic rings. The highest BCUT2D eigenvalue weighted by atomic mass is 35.5. The van der Waals surface area contributed by atoms with Crippen molar-refractivity contribution in [3.8, 4) is 5.69 Å². The highest BCUT2D eigenvalue weighted by molar-refractivity contribution is 6.30. The SMILES string of the molecule is Nc1cn(-c2cccc(Cl)c2)nc1NO. The second-order valence-corrected chi connectivity index (χ2v) is 3.41. The van der Waals surface area contributed by atoms with Gasteiger partial charge in [-0.25, -0.2) is 10.2 Å². The molecule has 0 saturated heterocycles. The minimum Gasteiger partial charge on any atom is -0.394 e. The Balaban J connectivity index is 2.45. The Kier molecular flexibility index (Phi) is 2.49. The summed E-state index contributed by atoms with van der Waals surface area (Å²) in [4.78, 5) is 0. The smallest absolute Gasteiger partial charge is 0.195 e. The van der Waals surface area contributed by atoms with Gasteiger partial charge in [-0.1, -0.05) is 17.7 Å². The molecule has 1 heterocycles. The van der Waals surface area contributed by atoms with E-state index in [1.54, 1.807) is 18.3 Å². The summed E-state index contributed by atoms with van der Waals surface area (Å²) in [6.45, 7) is 0. The van der Waals surface area contributed by atoms with Crippen LogP contribution < -0.4 is 11.2 Å². The Morgan fingerprint density at radius 2 is 2.27 bits per heavy atom. The van der Waals surface area contributed by atoms with Gasteiger partial charge in [0.15, 0.2) is 5.82 Å².